The minimum atomic E-state index is -0.977. The van der Waals surface area contributed by atoms with E-state index in [9.17, 15) is 9.90 Å². The van der Waals surface area contributed by atoms with E-state index in [-0.39, 0.29) is 12.5 Å². The van der Waals surface area contributed by atoms with E-state index in [1.54, 1.807) is 25.1 Å². The summed E-state index contributed by atoms with van der Waals surface area (Å²) in [7, 11) is 3.73. The van der Waals surface area contributed by atoms with Crippen molar-refractivity contribution < 1.29 is 9.90 Å². The first-order valence-corrected chi connectivity index (χ1v) is 6.98. The number of aliphatic hydroxyl groups is 1. The second-order valence-corrected chi connectivity index (χ2v) is 6.43. The van der Waals surface area contributed by atoms with Gasteiger partial charge >= 0.3 is 0 Å². The normalized spacial score (nSPS) is 14.3. The molecule has 0 aromatic heterocycles. The molecule has 0 saturated heterocycles. The number of hydrogen-bond acceptors (Lipinski definition) is 3. The first-order chi connectivity index (χ1) is 8.69. The summed E-state index contributed by atoms with van der Waals surface area (Å²) in [4.78, 5) is 13.8. The Morgan fingerprint density at radius 1 is 1.47 bits per heavy atom. The van der Waals surface area contributed by atoms with Crippen molar-refractivity contribution >= 4 is 33.4 Å². The molecule has 19 heavy (non-hydrogen) atoms. The molecule has 0 bridgehead atoms. The summed E-state index contributed by atoms with van der Waals surface area (Å²) >= 11 is 9.17. The van der Waals surface area contributed by atoms with Crippen LogP contribution in [-0.2, 0) is 0 Å². The molecule has 0 spiro atoms. The molecule has 0 aliphatic heterocycles. The van der Waals surface area contributed by atoms with Gasteiger partial charge in [-0.25, -0.2) is 0 Å². The molecule has 106 valence electrons. The maximum Gasteiger partial charge on any atom is 0.251 e. The van der Waals surface area contributed by atoms with E-state index in [4.69, 9.17) is 11.6 Å². The third kappa shape index (κ3) is 5.91. The third-order valence-electron chi connectivity index (χ3n) is 2.41. The summed E-state index contributed by atoms with van der Waals surface area (Å²) in [6, 6.07) is 4.98. The maximum absolute atomic E-state index is 12.0. The predicted octanol–water partition coefficient (Wildman–Crippen LogP) is 2.14. The Morgan fingerprint density at radius 2 is 2.11 bits per heavy atom. The first-order valence-electron chi connectivity index (χ1n) is 5.81. The van der Waals surface area contributed by atoms with Gasteiger partial charge in [-0.3, -0.25) is 4.79 Å². The van der Waals surface area contributed by atoms with Gasteiger partial charge in [-0.05, 0) is 39.2 Å². The van der Waals surface area contributed by atoms with Crippen molar-refractivity contribution in [2.75, 3.05) is 27.2 Å². The second-order valence-electron chi connectivity index (χ2n) is 5.08. The van der Waals surface area contributed by atoms with Gasteiger partial charge in [-0.15, -0.1) is 0 Å². The Balaban J connectivity index is 2.65. The molecular weight excluding hydrogens is 332 g/mol. The van der Waals surface area contributed by atoms with Crippen LogP contribution >= 0.6 is 27.5 Å². The van der Waals surface area contributed by atoms with E-state index in [2.05, 4.69) is 21.2 Å². The third-order valence-corrected chi connectivity index (χ3v) is 3.09. The van der Waals surface area contributed by atoms with E-state index < -0.39 is 5.60 Å². The summed E-state index contributed by atoms with van der Waals surface area (Å²) in [5, 5.41) is 13.3. The molecule has 0 fully saturated rings. The fourth-order valence-electron chi connectivity index (χ4n) is 1.79. The lowest BCUT2D eigenvalue weighted by atomic mass is 10.1. The van der Waals surface area contributed by atoms with Crippen molar-refractivity contribution in [1.29, 1.82) is 0 Å². The molecule has 0 aliphatic carbocycles. The van der Waals surface area contributed by atoms with Crippen molar-refractivity contribution in [3.8, 4) is 0 Å². The van der Waals surface area contributed by atoms with Crippen LogP contribution in [0, 0.1) is 0 Å². The standard InChI is InChI=1S/C13H18BrClN2O2/c1-13(19,8-17(2)3)7-16-12(18)9-4-10(14)6-11(15)5-9/h4-6,19H,7-8H2,1-3H3,(H,16,18). The Hall–Kier alpha value is -0.620. The molecular formula is C13H18BrClN2O2. The molecule has 1 rings (SSSR count). The second kappa shape index (κ2) is 6.70. The van der Waals surface area contributed by atoms with Crippen molar-refractivity contribution in [1.82, 2.24) is 10.2 Å². The van der Waals surface area contributed by atoms with Crippen LogP contribution in [0.2, 0.25) is 5.02 Å². The molecule has 1 aromatic carbocycles. The number of carbonyl (C=O) groups excluding carboxylic acids is 1. The van der Waals surface area contributed by atoms with E-state index in [0.29, 0.717) is 17.1 Å². The largest absolute Gasteiger partial charge is 0.387 e. The Kier molecular flexibility index (Phi) is 5.80. The molecule has 0 heterocycles. The zero-order chi connectivity index (χ0) is 14.6. The number of halogens is 2. The monoisotopic (exact) mass is 348 g/mol. The van der Waals surface area contributed by atoms with Gasteiger partial charge in [0, 0.05) is 28.1 Å². The van der Waals surface area contributed by atoms with Crippen molar-refractivity contribution in [2.45, 2.75) is 12.5 Å². The van der Waals surface area contributed by atoms with Crippen LogP contribution in [0.25, 0.3) is 0 Å². The van der Waals surface area contributed by atoms with Gasteiger partial charge in [0.1, 0.15) is 0 Å². The average Bonchev–Trinajstić information content (AvgIpc) is 2.22. The van der Waals surface area contributed by atoms with Gasteiger partial charge in [0.15, 0.2) is 0 Å². The first kappa shape index (κ1) is 16.4. The van der Waals surface area contributed by atoms with Crippen molar-refractivity contribution in [2.24, 2.45) is 0 Å². The number of amides is 1. The summed E-state index contributed by atoms with van der Waals surface area (Å²) in [6.45, 7) is 2.32. The fraction of sp³-hybridized carbons (Fsp3) is 0.462. The zero-order valence-electron chi connectivity index (χ0n) is 11.2. The molecule has 1 amide bonds. The van der Waals surface area contributed by atoms with E-state index >= 15 is 0 Å². The highest BCUT2D eigenvalue weighted by Gasteiger charge is 2.22. The molecule has 6 heteroatoms. The van der Waals surface area contributed by atoms with Gasteiger partial charge in [0.2, 0.25) is 0 Å². The van der Waals surface area contributed by atoms with Crippen LogP contribution < -0.4 is 5.32 Å². The highest BCUT2D eigenvalue weighted by atomic mass is 79.9. The molecule has 2 N–H and O–H groups in total. The van der Waals surface area contributed by atoms with Crippen LogP contribution in [0.3, 0.4) is 0 Å². The van der Waals surface area contributed by atoms with Crippen molar-refractivity contribution in [3.63, 3.8) is 0 Å². The fourth-order valence-corrected chi connectivity index (χ4v) is 2.65. The number of hydrogen-bond donors (Lipinski definition) is 2. The number of nitrogens with one attached hydrogen (secondary N) is 1. The van der Waals surface area contributed by atoms with E-state index in [1.165, 1.54) is 0 Å². The van der Waals surface area contributed by atoms with Gasteiger partial charge in [-0.1, -0.05) is 27.5 Å². The summed E-state index contributed by atoms with van der Waals surface area (Å²) in [5.41, 5.74) is -0.519. The zero-order valence-corrected chi connectivity index (χ0v) is 13.5. The Morgan fingerprint density at radius 3 is 2.63 bits per heavy atom. The lowest BCUT2D eigenvalue weighted by Gasteiger charge is -2.27. The Bertz CT molecular complexity index is 444. The quantitative estimate of drug-likeness (QED) is 0.856. The van der Waals surface area contributed by atoms with Gasteiger partial charge in [-0.2, -0.15) is 0 Å². The highest BCUT2D eigenvalue weighted by Crippen LogP contribution is 2.19. The smallest absolute Gasteiger partial charge is 0.251 e. The average molecular weight is 350 g/mol. The SMILES string of the molecule is CN(C)CC(C)(O)CNC(=O)c1cc(Cl)cc(Br)c1. The summed E-state index contributed by atoms with van der Waals surface area (Å²) in [5.74, 6) is -0.262. The van der Waals surface area contributed by atoms with Crippen molar-refractivity contribution in [3.05, 3.63) is 33.3 Å². The number of nitrogens with zero attached hydrogens (tertiary/aromatic N) is 1. The van der Waals surface area contributed by atoms with Gasteiger partial charge in [0.05, 0.1) is 5.60 Å². The lowest BCUT2D eigenvalue weighted by molar-refractivity contribution is 0.0326. The molecule has 0 saturated carbocycles. The Labute approximate surface area is 126 Å². The van der Waals surface area contributed by atoms with Gasteiger partial charge < -0.3 is 15.3 Å². The van der Waals surface area contributed by atoms with Crippen LogP contribution in [0.1, 0.15) is 17.3 Å². The molecule has 1 aromatic rings. The summed E-state index contributed by atoms with van der Waals surface area (Å²) in [6.07, 6.45) is 0. The molecule has 0 aliphatic rings. The minimum Gasteiger partial charge on any atom is -0.387 e. The van der Waals surface area contributed by atoms with Crippen LogP contribution in [-0.4, -0.2) is 48.7 Å². The van der Waals surface area contributed by atoms with Crippen LogP contribution in [0.4, 0.5) is 0 Å². The van der Waals surface area contributed by atoms with E-state index in [0.717, 1.165) is 4.47 Å². The number of rotatable bonds is 5. The maximum atomic E-state index is 12.0. The molecule has 1 unspecified atom stereocenters. The summed E-state index contributed by atoms with van der Waals surface area (Å²) < 4.78 is 0.741. The topological polar surface area (TPSA) is 52.6 Å². The van der Waals surface area contributed by atoms with Crippen LogP contribution in [0.15, 0.2) is 22.7 Å². The molecule has 0 radical (unpaired) electrons. The van der Waals surface area contributed by atoms with Crippen LogP contribution in [0.5, 0.6) is 0 Å². The highest BCUT2D eigenvalue weighted by molar-refractivity contribution is 9.10. The minimum absolute atomic E-state index is 0.175. The number of carbonyl (C=O) groups is 1. The lowest BCUT2D eigenvalue weighted by Crippen LogP contribution is -2.47. The predicted molar refractivity (Wildman–Crippen MR) is 80.7 cm³/mol. The molecule has 4 nitrogen and oxygen atoms in total. The number of benzene rings is 1. The molecule has 1 atom stereocenters. The van der Waals surface area contributed by atoms with E-state index in [1.807, 2.05) is 19.0 Å². The van der Waals surface area contributed by atoms with Gasteiger partial charge in [0.25, 0.3) is 5.91 Å². The number of likely N-dealkylation sites (N-methyl/N-ethyl adjacent to an activating group) is 1.